The third kappa shape index (κ3) is 4.96. The van der Waals surface area contributed by atoms with Crippen LogP contribution in [0.1, 0.15) is 22.3 Å². The van der Waals surface area contributed by atoms with Crippen molar-refractivity contribution in [3.8, 4) is 5.75 Å². The molecule has 0 aliphatic carbocycles. The Morgan fingerprint density at radius 3 is 2.31 bits per heavy atom. The fraction of sp³-hybridized carbons (Fsp3) is 0.391. The standard InChI is InChI=1S/C23H30N2O/c1-19-17-23(26-3)20(2)16-22(19)18-25-14-12-24(13-15-25)11-7-10-21-8-5-4-6-9-21/h4-10,16-17H,11-15,18H2,1-3H3/b10-7+. The van der Waals surface area contributed by atoms with Gasteiger partial charge in [-0.05, 0) is 42.2 Å². The van der Waals surface area contributed by atoms with Gasteiger partial charge >= 0.3 is 0 Å². The highest BCUT2D eigenvalue weighted by atomic mass is 16.5. The van der Waals surface area contributed by atoms with Crippen LogP contribution in [0.4, 0.5) is 0 Å². The third-order valence-electron chi connectivity index (χ3n) is 5.19. The van der Waals surface area contributed by atoms with E-state index >= 15 is 0 Å². The molecule has 0 saturated carbocycles. The van der Waals surface area contributed by atoms with Gasteiger partial charge in [0.2, 0.25) is 0 Å². The Morgan fingerprint density at radius 1 is 0.923 bits per heavy atom. The maximum atomic E-state index is 5.43. The number of aryl methyl sites for hydroxylation is 2. The van der Waals surface area contributed by atoms with E-state index in [2.05, 4.69) is 78.3 Å². The number of nitrogens with zero attached hydrogens (tertiary/aromatic N) is 2. The minimum absolute atomic E-state index is 0.987. The maximum Gasteiger partial charge on any atom is 0.122 e. The molecule has 1 heterocycles. The first-order chi connectivity index (χ1) is 12.7. The van der Waals surface area contributed by atoms with Crippen molar-refractivity contribution in [2.24, 2.45) is 0 Å². The van der Waals surface area contributed by atoms with E-state index in [1.165, 1.54) is 22.3 Å². The first-order valence-electron chi connectivity index (χ1n) is 9.46. The number of hydrogen-bond donors (Lipinski definition) is 0. The molecule has 3 heteroatoms. The second-order valence-corrected chi connectivity index (χ2v) is 7.14. The summed E-state index contributed by atoms with van der Waals surface area (Å²) in [6.07, 6.45) is 4.50. The second kappa shape index (κ2) is 9.02. The van der Waals surface area contributed by atoms with Crippen LogP contribution >= 0.6 is 0 Å². The van der Waals surface area contributed by atoms with Gasteiger partial charge in [-0.2, -0.15) is 0 Å². The molecular weight excluding hydrogens is 320 g/mol. The molecule has 138 valence electrons. The molecular formula is C23H30N2O. The Labute approximate surface area is 157 Å². The summed E-state index contributed by atoms with van der Waals surface area (Å²) in [7, 11) is 1.74. The monoisotopic (exact) mass is 350 g/mol. The fourth-order valence-corrected chi connectivity index (χ4v) is 3.51. The lowest BCUT2D eigenvalue weighted by Crippen LogP contribution is -2.45. The summed E-state index contributed by atoms with van der Waals surface area (Å²) in [4.78, 5) is 5.09. The summed E-state index contributed by atoms with van der Waals surface area (Å²) in [5.41, 5.74) is 5.23. The molecule has 0 spiro atoms. The van der Waals surface area contributed by atoms with Gasteiger partial charge in [-0.3, -0.25) is 9.80 Å². The number of hydrogen-bond acceptors (Lipinski definition) is 3. The van der Waals surface area contributed by atoms with Crippen LogP contribution in [0.25, 0.3) is 6.08 Å². The quantitative estimate of drug-likeness (QED) is 0.779. The normalized spacial score (nSPS) is 16.3. The zero-order valence-corrected chi connectivity index (χ0v) is 16.2. The van der Waals surface area contributed by atoms with Crippen molar-refractivity contribution in [2.75, 3.05) is 39.8 Å². The summed E-state index contributed by atoms with van der Waals surface area (Å²) in [5, 5.41) is 0. The van der Waals surface area contributed by atoms with Gasteiger partial charge in [0.15, 0.2) is 0 Å². The van der Waals surface area contributed by atoms with Gasteiger partial charge in [0.1, 0.15) is 5.75 Å². The summed E-state index contributed by atoms with van der Waals surface area (Å²) in [6, 6.07) is 15.0. The zero-order valence-electron chi connectivity index (χ0n) is 16.2. The molecule has 3 rings (SSSR count). The second-order valence-electron chi connectivity index (χ2n) is 7.14. The first kappa shape index (κ1) is 18.7. The van der Waals surface area contributed by atoms with Gasteiger partial charge in [-0.15, -0.1) is 0 Å². The highest BCUT2D eigenvalue weighted by molar-refractivity contribution is 5.48. The van der Waals surface area contributed by atoms with Crippen LogP contribution in [0, 0.1) is 13.8 Å². The molecule has 1 fully saturated rings. The van der Waals surface area contributed by atoms with Crippen molar-refractivity contribution >= 4 is 6.08 Å². The molecule has 3 nitrogen and oxygen atoms in total. The molecule has 0 atom stereocenters. The van der Waals surface area contributed by atoms with Crippen molar-refractivity contribution in [2.45, 2.75) is 20.4 Å². The van der Waals surface area contributed by atoms with Crippen molar-refractivity contribution < 1.29 is 4.74 Å². The third-order valence-corrected chi connectivity index (χ3v) is 5.19. The molecule has 2 aromatic rings. The smallest absolute Gasteiger partial charge is 0.122 e. The molecule has 26 heavy (non-hydrogen) atoms. The van der Waals surface area contributed by atoms with Gasteiger partial charge in [-0.1, -0.05) is 48.6 Å². The van der Waals surface area contributed by atoms with Crippen molar-refractivity contribution in [3.63, 3.8) is 0 Å². The van der Waals surface area contributed by atoms with E-state index in [4.69, 9.17) is 4.74 Å². The largest absolute Gasteiger partial charge is 0.496 e. The molecule has 0 bridgehead atoms. The summed E-state index contributed by atoms with van der Waals surface area (Å²) < 4.78 is 5.43. The van der Waals surface area contributed by atoms with E-state index in [9.17, 15) is 0 Å². The van der Waals surface area contributed by atoms with Crippen LogP contribution < -0.4 is 4.74 Å². The predicted octanol–water partition coefficient (Wildman–Crippen LogP) is 4.14. The van der Waals surface area contributed by atoms with Crippen molar-refractivity contribution in [1.82, 2.24) is 9.80 Å². The summed E-state index contributed by atoms with van der Waals surface area (Å²) in [5.74, 6) is 0.987. The van der Waals surface area contributed by atoms with Crippen LogP contribution in [-0.2, 0) is 6.54 Å². The Kier molecular flexibility index (Phi) is 6.48. The Balaban J connectivity index is 1.48. The fourth-order valence-electron chi connectivity index (χ4n) is 3.51. The molecule has 0 amide bonds. The predicted molar refractivity (Wildman–Crippen MR) is 110 cm³/mol. The van der Waals surface area contributed by atoms with Crippen LogP contribution in [0.2, 0.25) is 0 Å². The average Bonchev–Trinajstić information content (AvgIpc) is 2.66. The zero-order chi connectivity index (χ0) is 18.4. The van der Waals surface area contributed by atoms with E-state index in [1.54, 1.807) is 7.11 Å². The lowest BCUT2D eigenvalue weighted by molar-refractivity contribution is 0.137. The Bertz CT molecular complexity index is 731. The molecule has 1 aliphatic rings. The number of rotatable bonds is 6. The molecule has 0 radical (unpaired) electrons. The van der Waals surface area contributed by atoms with E-state index in [0.29, 0.717) is 0 Å². The molecule has 0 unspecified atom stereocenters. The van der Waals surface area contributed by atoms with Gasteiger partial charge in [0.05, 0.1) is 7.11 Å². The lowest BCUT2D eigenvalue weighted by Gasteiger charge is -2.34. The van der Waals surface area contributed by atoms with Gasteiger partial charge < -0.3 is 4.74 Å². The number of methoxy groups -OCH3 is 1. The molecule has 2 aromatic carbocycles. The minimum Gasteiger partial charge on any atom is -0.496 e. The number of piperazine rings is 1. The SMILES string of the molecule is COc1cc(C)c(CN2CCN(C/C=C/c3ccccc3)CC2)cc1C. The average molecular weight is 351 g/mol. The first-order valence-corrected chi connectivity index (χ1v) is 9.46. The minimum atomic E-state index is 0.987. The van der Waals surface area contributed by atoms with Crippen LogP contribution in [0.5, 0.6) is 5.75 Å². The Morgan fingerprint density at radius 2 is 1.62 bits per heavy atom. The highest BCUT2D eigenvalue weighted by Crippen LogP contribution is 2.23. The van der Waals surface area contributed by atoms with Crippen LogP contribution in [0.15, 0.2) is 48.5 Å². The van der Waals surface area contributed by atoms with E-state index in [1.807, 2.05) is 0 Å². The number of benzene rings is 2. The van der Waals surface area contributed by atoms with Crippen LogP contribution in [0.3, 0.4) is 0 Å². The van der Waals surface area contributed by atoms with E-state index in [0.717, 1.165) is 45.0 Å². The van der Waals surface area contributed by atoms with Crippen molar-refractivity contribution in [1.29, 1.82) is 0 Å². The molecule has 0 aromatic heterocycles. The lowest BCUT2D eigenvalue weighted by atomic mass is 10.0. The molecule has 1 aliphatic heterocycles. The Hall–Kier alpha value is -2.10. The van der Waals surface area contributed by atoms with E-state index in [-0.39, 0.29) is 0 Å². The van der Waals surface area contributed by atoms with Gasteiger partial charge in [0, 0.05) is 39.3 Å². The van der Waals surface area contributed by atoms with Crippen LogP contribution in [-0.4, -0.2) is 49.6 Å². The van der Waals surface area contributed by atoms with Crippen molar-refractivity contribution in [3.05, 3.63) is 70.8 Å². The molecule has 0 N–H and O–H groups in total. The maximum absolute atomic E-state index is 5.43. The summed E-state index contributed by atoms with van der Waals surface area (Å²) in [6.45, 7) is 10.9. The summed E-state index contributed by atoms with van der Waals surface area (Å²) >= 11 is 0. The number of ether oxygens (including phenoxy) is 1. The van der Waals surface area contributed by atoms with Gasteiger partial charge in [0.25, 0.3) is 0 Å². The van der Waals surface area contributed by atoms with Gasteiger partial charge in [-0.25, -0.2) is 0 Å². The van der Waals surface area contributed by atoms with E-state index < -0.39 is 0 Å². The topological polar surface area (TPSA) is 15.7 Å². The molecule has 1 saturated heterocycles. The highest BCUT2D eigenvalue weighted by Gasteiger charge is 2.17.